The predicted octanol–water partition coefficient (Wildman–Crippen LogP) is 2.07. The van der Waals surface area contributed by atoms with E-state index in [9.17, 15) is 9.59 Å². The maximum atomic E-state index is 12.4. The molecule has 1 heterocycles. The van der Waals surface area contributed by atoms with E-state index in [1.165, 1.54) is 17.8 Å². The Balaban J connectivity index is 1.85. The fraction of sp³-hybridized carbons (Fsp3) is 0.294. The molecule has 5 heteroatoms. The Bertz CT molecular complexity index is 780. The van der Waals surface area contributed by atoms with E-state index in [4.69, 9.17) is 5.73 Å². The minimum absolute atomic E-state index is 0.0717. The molecule has 114 valence electrons. The van der Waals surface area contributed by atoms with Gasteiger partial charge in [0, 0.05) is 23.6 Å². The number of anilines is 1. The van der Waals surface area contributed by atoms with Crippen molar-refractivity contribution in [3.05, 3.63) is 63.1 Å². The number of hydrogen-bond acceptors (Lipinski definition) is 3. The number of aryl methyl sites for hydroxylation is 2. The summed E-state index contributed by atoms with van der Waals surface area (Å²) >= 11 is 0. The summed E-state index contributed by atoms with van der Waals surface area (Å²) in [4.78, 5) is 27.2. The van der Waals surface area contributed by atoms with Crippen molar-refractivity contribution in [3.8, 4) is 0 Å². The second-order valence-electron chi connectivity index (χ2n) is 5.77. The van der Waals surface area contributed by atoms with Gasteiger partial charge < -0.3 is 16.0 Å². The third-order valence-electron chi connectivity index (χ3n) is 4.09. The number of nitrogens with one attached hydrogen (secondary N) is 2. The highest BCUT2D eigenvalue weighted by Crippen LogP contribution is 2.31. The van der Waals surface area contributed by atoms with Crippen molar-refractivity contribution in [1.29, 1.82) is 0 Å². The Morgan fingerprint density at radius 2 is 2.18 bits per heavy atom. The maximum absolute atomic E-state index is 12.4. The van der Waals surface area contributed by atoms with Crippen LogP contribution in [0.3, 0.4) is 0 Å². The lowest BCUT2D eigenvalue weighted by molar-refractivity contribution is 0.0931. The number of nitrogens with two attached hydrogens (primary N) is 1. The van der Waals surface area contributed by atoms with Gasteiger partial charge in [-0.2, -0.15) is 0 Å². The molecule has 1 unspecified atom stereocenters. The first-order valence-corrected chi connectivity index (χ1v) is 7.43. The number of aromatic nitrogens is 1. The number of aromatic amines is 1. The molecule has 0 radical (unpaired) electrons. The predicted molar refractivity (Wildman–Crippen MR) is 85.8 cm³/mol. The molecule has 1 aromatic carbocycles. The first kappa shape index (κ1) is 14.4. The smallest absolute Gasteiger partial charge is 0.257 e. The highest BCUT2D eigenvalue weighted by molar-refractivity contribution is 5.94. The molecule has 2 aromatic rings. The molecule has 22 heavy (non-hydrogen) atoms. The summed E-state index contributed by atoms with van der Waals surface area (Å²) in [7, 11) is 0. The zero-order chi connectivity index (χ0) is 15.7. The number of pyridine rings is 1. The highest BCUT2D eigenvalue weighted by atomic mass is 16.2. The van der Waals surface area contributed by atoms with Crippen LogP contribution in [-0.4, -0.2) is 10.9 Å². The van der Waals surface area contributed by atoms with Gasteiger partial charge >= 0.3 is 0 Å². The van der Waals surface area contributed by atoms with Crippen molar-refractivity contribution in [1.82, 2.24) is 10.3 Å². The fourth-order valence-electron chi connectivity index (χ4n) is 2.97. The molecule has 0 fully saturated rings. The maximum Gasteiger partial charge on any atom is 0.257 e. The van der Waals surface area contributed by atoms with Crippen LogP contribution < -0.4 is 16.5 Å². The molecule has 1 aromatic heterocycles. The van der Waals surface area contributed by atoms with Crippen LogP contribution in [0.25, 0.3) is 0 Å². The van der Waals surface area contributed by atoms with Crippen LogP contribution in [0.5, 0.6) is 0 Å². The van der Waals surface area contributed by atoms with Crippen LogP contribution in [0.4, 0.5) is 5.69 Å². The van der Waals surface area contributed by atoms with Crippen molar-refractivity contribution >= 4 is 11.6 Å². The molecule has 5 nitrogen and oxygen atoms in total. The number of H-pyrrole nitrogens is 1. The van der Waals surface area contributed by atoms with Gasteiger partial charge in [-0.1, -0.05) is 6.07 Å². The van der Waals surface area contributed by atoms with Crippen molar-refractivity contribution in [2.75, 3.05) is 5.73 Å². The molecule has 3 rings (SSSR count). The lowest BCUT2D eigenvalue weighted by Crippen LogP contribution is -2.34. The standard InChI is InChI=1S/C17H19N3O2/c1-10-7-16(21)14(9-19-10)17(22)20-15-4-2-3-11-8-12(18)5-6-13(11)15/h5-9,15H,2-4,18H2,1H3,(H,19,21)(H,20,22). The molecule has 0 spiro atoms. The SMILES string of the molecule is Cc1cc(=O)c(C(=O)NC2CCCc3cc(N)ccc32)c[nH]1. The number of carbonyl (C=O) groups is 1. The summed E-state index contributed by atoms with van der Waals surface area (Å²) in [6.07, 6.45) is 4.30. The third kappa shape index (κ3) is 2.74. The van der Waals surface area contributed by atoms with Gasteiger partial charge in [-0.3, -0.25) is 9.59 Å². The van der Waals surface area contributed by atoms with Gasteiger partial charge in [-0.15, -0.1) is 0 Å². The number of amides is 1. The fourth-order valence-corrected chi connectivity index (χ4v) is 2.97. The minimum Gasteiger partial charge on any atom is -0.399 e. The van der Waals surface area contributed by atoms with Gasteiger partial charge in [0.15, 0.2) is 5.43 Å². The van der Waals surface area contributed by atoms with Gasteiger partial charge in [-0.05, 0) is 49.4 Å². The molecule has 1 aliphatic carbocycles. The van der Waals surface area contributed by atoms with Gasteiger partial charge in [-0.25, -0.2) is 0 Å². The van der Waals surface area contributed by atoms with Crippen molar-refractivity contribution in [3.63, 3.8) is 0 Å². The number of rotatable bonds is 2. The summed E-state index contributed by atoms with van der Waals surface area (Å²) < 4.78 is 0. The van der Waals surface area contributed by atoms with Crippen LogP contribution in [0.15, 0.2) is 35.3 Å². The van der Waals surface area contributed by atoms with E-state index in [1.807, 2.05) is 18.2 Å². The highest BCUT2D eigenvalue weighted by Gasteiger charge is 2.23. The summed E-state index contributed by atoms with van der Waals surface area (Å²) in [5.41, 5.74) is 9.45. The molecule has 0 aliphatic heterocycles. The lowest BCUT2D eigenvalue weighted by Gasteiger charge is -2.26. The van der Waals surface area contributed by atoms with E-state index in [0.29, 0.717) is 0 Å². The van der Waals surface area contributed by atoms with Crippen molar-refractivity contribution in [2.45, 2.75) is 32.2 Å². The molecule has 0 bridgehead atoms. The Kier molecular flexibility index (Phi) is 3.71. The second-order valence-corrected chi connectivity index (χ2v) is 5.77. The minimum atomic E-state index is -0.337. The average molecular weight is 297 g/mol. The molecule has 4 N–H and O–H groups in total. The van der Waals surface area contributed by atoms with Crippen LogP contribution in [0.1, 0.15) is 46.1 Å². The Morgan fingerprint density at radius 3 is 2.95 bits per heavy atom. The van der Waals surface area contributed by atoms with Crippen LogP contribution in [0.2, 0.25) is 0 Å². The van der Waals surface area contributed by atoms with Crippen molar-refractivity contribution < 1.29 is 4.79 Å². The zero-order valence-electron chi connectivity index (χ0n) is 12.5. The third-order valence-corrected chi connectivity index (χ3v) is 4.09. The lowest BCUT2D eigenvalue weighted by atomic mass is 9.87. The van der Waals surface area contributed by atoms with Gasteiger partial charge in [0.2, 0.25) is 0 Å². The summed E-state index contributed by atoms with van der Waals surface area (Å²) in [6.45, 7) is 1.78. The number of fused-ring (bicyclic) bond motifs is 1. The normalized spacial score (nSPS) is 16.9. The quantitative estimate of drug-likeness (QED) is 0.741. The number of benzene rings is 1. The first-order chi connectivity index (χ1) is 10.5. The number of hydrogen-bond donors (Lipinski definition) is 3. The second kappa shape index (κ2) is 5.67. The summed E-state index contributed by atoms with van der Waals surface area (Å²) in [5, 5.41) is 2.97. The van der Waals surface area contributed by atoms with E-state index < -0.39 is 0 Å². The van der Waals surface area contributed by atoms with Crippen molar-refractivity contribution in [2.24, 2.45) is 0 Å². The summed E-state index contributed by atoms with van der Waals surface area (Å²) in [6, 6.07) is 7.14. The number of nitrogen functional groups attached to an aromatic ring is 1. The Labute approximate surface area is 128 Å². The van der Waals surface area contributed by atoms with E-state index >= 15 is 0 Å². The Morgan fingerprint density at radius 1 is 1.36 bits per heavy atom. The topological polar surface area (TPSA) is 88.0 Å². The molecule has 1 amide bonds. The number of carbonyl (C=O) groups excluding carboxylic acids is 1. The molecular weight excluding hydrogens is 278 g/mol. The molecule has 1 atom stereocenters. The molecule has 0 saturated carbocycles. The van der Waals surface area contributed by atoms with E-state index in [2.05, 4.69) is 10.3 Å². The van der Waals surface area contributed by atoms with Crippen LogP contribution in [-0.2, 0) is 6.42 Å². The average Bonchev–Trinajstić information content (AvgIpc) is 2.47. The molecular formula is C17H19N3O2. The summed E-state index contributed by atoms with van der Waals surface area (Å²) in [5.74, 6) is -0.337. The van der Waals surface area contributed by atoms with Gasteiger partial charge in [0.25, 0.3) is 5.91 Å². The van der Waals surface area contributed by atoms with E-state index in [0.717, 1.165) is 36.2 Å². The van der Waals surface area contributed by atoms with Crippen LogP contribution in [0, 0.1) is 6.92 Å². The molecule has 0 saturated heterocycles. The first-order valence-electron chi connectivity index (χ1n) is 7.43. The van der Waals surface area contributed by atoms with Gasteiger partial charge in [0.1, 0.15) is 5.56 Å². The zero-order valence-corrected chi connectivity index (χ0v) is 12.5. The largest absolute Gasteiger partial charge is 0.399 e. The monoisotopic (exact) mass is 297 g/mol. The van der Waals surface area contributed by atoms with E-state index in [-0.39, 0.29) is 22.9 Å². The van der Waals surface area contributed by atoms with E-state index in [1.54, 1.807) is 6.92 Å². The Hall–Kier alpha value is -2.56. The van der Waals surface area contributed by atoms with Crippen LogP contribution >= 0.6 is 0 Å². The van der Waals surface area contributed by atoms with Gasteiger partial charge in [0.05, 0.1) is 6.04 Å². The molecule has 1 aliphatic rings.